The van der Waals surface area contributed by atoms with Gasteiger partial charge in [0.25, 0.3) is 0 Å². The molecule has 0 heterocycles. The molecule has 27 heavy (non-hydrogen) atoms. The van der Waals surface area contributed by atoms with Gasteiger partial charge in [-0.05, 0) is 37.9 Å². The van der Waals surface area contributed by atoms with Crippen molar-refractivity contribution in [3.8, 4) is 5.75 Å². The maximum Gasteiger partial charge on any atom is 0.214 e. The van der Waals surface area contributed by atoms with E-state index in [-0.39, 0.29) is 12.2 Å². The molecule has 0 aromatic heterocycles. The Morgan fingerprint density at radius 1 is 1.19 bits per heavy atom. The Morgan fingerprint density at radius 2 is 1.78 bits per heavy atom. The van der Waals surface area contributed by atoms with Crippen molar-refractivity contribution in [1.29, 1.82) is 0 Å². The number of hydrogen-bond acceptors (Lipinski definition) is 4. The molecule has 142 valence electrons. The van der Waals surface area contributed by atoms with Crippen LogP contribution < -0.4 is 9.80 Å². The fourth-order valence-corrected chi connectivity index (χ4v) is 2.48. The molecule has 5 nitrogen and oxygen atoms in total. The van der Waals surface area contributed by atoms with Crippen molar-refractivity contribution in [2.75, 3.05) is 23.4 Å². The Kier molecular flexibility index (Phi) is 6.23. The third-order valence-electron chi connectivity index (χ3n) is 4.04. The number of hydrogen-bond donors (Lipinski definition) is 1. The highest BCUT2D eigenvalue weighted by atomic mass is 19.2. The summed E-state index contributed by atoms with van der Waals surface area (Å²) in [4.78, 5) is 18.0. The summed E-state index contributed by atoms with van der Waals surface area (Å²) >= 11 is 0. The van der Waals surface area contributed by atoms with Gasteiger partial charge >= 0.3 is 0 Å². The van der Waals surface area contributed by atoms with Crippen LogP contribution in [0.25, 0.3) is 0 Å². The van der Waals surface area contributed by atoms with Crippen LogP contribution in [-0.2, 0) is 4.79 Å². The summed E-state index contributed by atoms with van der Waals surface area (Å²) in [7, 11) is 1.50. The van der Waals surface area contributed by atoms with E-state index < -0.39 is 23.2 Å². The molecular weight excluding hydrogens is 359 g/mol. The van der Waals surface area contributed by atoms with Crippen molar-refractivity contribution in [3.05, 3.63) is 65.2 Å². The molecule has 0 aliphatic rings. The molecular formula is C19H18F3N3O2. The molecule has 0 saturated carbocycles. The number of phenolic OH excluding ortho intramolecular Hbond substituents is 1. The number of aromatic hydroxyl groups is 1. The number of benzene rings is 2. The average Bonchev–Trinajstić information content (AvgIpc) is 2.65. The Morgan fingerprint density at radius 3 is 2.33 bits per heavy atom. The van der Waals surface area contributed by atoms with Crippen LogP contribution in [0.1, 0.15) is 6.92 Å². The second kappa shape index (κ2) is 8.39. The molecule has 8 heteroatoms. The summed E-state index contributed by atoms with van der Waals surface area (Å²) in [6, 6.07) is 6.76. The molecule has 2 aromatic carbocycles. The van der Waals surface area contributed by atoms with Crippen molar-refractivity contribution in [1.82, 2.24) is 0 Å². The molecule has 0 fully saturated rings. The summed E-state index contributed by atoms with van der Waals surface area (Å²) in [6.45, 7) is 5.02. The molecule has 2 aromatic rings. The van der Waals surface area contributed by atoms with E-state index >= 15 is 0 Å². The summed E-state index contributed by atoms with van der Waals surface area (Å²) in [5, 5.41) is 9.99. The molecule has 2 rings (SSSR count). The van der Waals surface area contributed by atoms with Gasteiger partial charge in [0.2, 0.25) is 6.41 Å². The number of likely N-dealkylation sites (N-methyl/N-ethyl adjacent to an activating group) is 1. The lowest BCUT2D eigenvalue weighted by molar-refractivity contribution is -0.107. The fraction of sp³-hybridized carbons (Fsp3) is 0.158. The Hall–Kier alpha value is -3.29. The first-order valence-corrected chi connectivity index (χ1v) is 7.84. The number of halogens is 3. The van der Waals surface area contributed by atoms with E-state index in [2.05, 4.69) is 11.7 Å². The van der Waals surface area contributed by atoms with Gasteiger partial charge in [-0.25, -0.2) is 13.2 Å². The lowest BCUT2D eigenvalue weighted by Crippen LogP contribution is -2.31. The topological polar surface area (TPSA) is 56.1 Å². The van der Waals surface area contributed by atoms with Gasteiger partial charge < -0.3 is 14.9 Å². The standard InChI is InChI=1S/C19H18F3N3O2/c1-12(23-2)18(10-25(11-26)14-6-4-13(20)5-7-14)24(3)17-8-15(21)16(22)9-19(17)27/h4-9,11,27H,2,10H2,1,3H3/b18-12-. The predicted octanol–water partition coefficient (Wildman–Crippen LogP) is 3.84. The van der Waals surface area contributed by atoms with Crippen LogP contribution in [0.4, 0.5) is 24.5 Å². The molecule has 0 aliphatic carbocycles. The van der Waals surface area contributed by atoms with E-state index in [1.165, 1.54) is 41.1 Å². The fourth-order valence-electron chi connectivity index (χ4n) is 2.48. The maximum atomic E-state index is 13.6. The zero-order chi connectivity index (χ0) is 20.1. The Bertz CT molecular complexity index is 883. The van der Waals surface area contributed by atoms with E-state index in [1.807, 2.05) is 0 Å². The zero-order valence-corrected chi connectivity index (χ0v) is 14.8. The van der Waals surface area contributed by atoms with Crippen molar-refractivity contribution in [3.63, 3.8) is 0 Å². The van der Waals surface area contributed by atoms with Crippen LogP contribution >= 0.6 is 0 Å². The first-order chi connectivity index (χ1) is 12.8. The summed E-state index contributed by atoms with van der Waals surface area (Å²) in [5.74, 6) is -3.25. The van der Waals surface area contributed by atoms with Crippen LogP contribution in [0.2, 0.25) is 0 Å². The molecule has 0 unspecified atom stereocenters. The van der Waals surface area contributed by atoms with Gasteiger partial charge in [0.1, 0.15) is 11.6 Å². The number of rotatable bonds is 7. The number of carbonyl (C=O) groups excluding carboxylic acids is 1. The van der Waals surface area contributed by atoms with Crippen LogP contribution in [0.15, 0.2) is 52.8 Å². The van der Waals surface area contributed by atoms with Gasteiger partial charge in [0.05, 0.1) is 23.6 Å². The van der Waals surface area contributed by atoms with Crippen LogP contribution in [-0.4, -0.2) is 31.8 Å². The second-order valence-corrected chi connectivity index (χ2v) is 5.71. The maximum absolute atomic E-state index is 13.6. The molecule has 1 N–H and O–H groups in total. The zero-order valence-electron chi connectivity index (χ0n) is 14.8. The van der Waals surface area contributed by atoms with Crippen molar-refractivity contribution >= 4 is 24.5 Å². The third kappa shape index (κ3) is 4.46. The van der Waals surface area contributed by atoms with Gasteiger partial charge in [-0.2, -0.15) is 0 Å². The number of phenols is 1. The minimum Gasteiger partial charge on any atom is -0.506 e. The highest BCUT2D eigenvalue weighted by Gasteiger charge is 2.20. The molecule has 0 radical (unpaired) electrons. The third-order valence-corrected chi connectivity index (χ3v) is 4.04. The number of carbonyl (C=O) groups is 1. The van der Waals surface area contributed by atoms with Gasteiger partial charge in [0.15, 0.2) is 11.6 Å². The van der Waals surface area contributed by atoms with E-state index in [4.69, 9.17) is 0 Å². The van der Waals surface area contributed by atoms with Crippen LogP contribution in [0.5, 0.6) is 5.75 Å². The summed E-state index contributed by atoms with van der Waals surface area (Å²) in [6.07, 6.45) is 0.544. The lowest BCUT2D eigenvalue weighted by Gasteiger charge is -2.28. The molecule has 0 aliphatic heterocycles. The SMILES string of the molecule is C=N/C(C)=C(/CN(C=O)c1ccc(F)cc1)N(C)c1cc(F)c(F)cc1O. The smallest absolute Gasteiger partial charge is 0.214 e. The lowest BCUT2D eigenvalue weighted by atomic mass is 10.2. The monoisotopic (exact) mass is 377 g/mol. The van der Waals surface area contributed by atoms with E-state index in [9.17, 15) is 23.1 Å². The quantitative estimate of drug-likeness (QED) is 0.589. The van der Waals surface area contributed by atoms with E-state index in [1.54, 1.807) is 6.92 Å². The minimum atomic E-state index is -1.19. The molecule has 1 amide bonds. The predicted molar refractivity (Wildman–Crippen MR) is 98.5 cm³/mol. The number of amides is 1. The van der Waals surface area contributed by atoms with E-state index in [0.717, 1.165) is 6.07 Å². The van der Waals surface area contributed by atoms with Gasteiger partial charge in [0, 0.05) is 24.9 Å². The summed E-state index contributed by atoms with van der Waals surface area (Å²) < 4.78 is 40.0. The number of aliphatic imine (C=N–C) groups is 1. The molecule has 0 atom stereocenters. The first-order valence-electron chi connectivity index (χ1n) is 7.84. The molecule has 0 saturated heterocycles. The number of allylic oxidation sites excluding steroid dienone is 1. The second-order valence-electron chi connectivity index (χ2n) is 5.71. The Labute approximate surface area is 154 Å². The normalized spacial score (nSPS) is 11.6. The highest BCUT2D eigenvalue weighted by Crippen LogP contribution is 2.32. The average molecular weight is 377 g/mol. The number of nitrogens with zero attached hydrogens (tertiary/aromatic N) is 3. The van der Waals surface area contributed by atoms with Gasteiger partial charge in [-0.3, -0.25) is 9.79 Å². The van der Waals surface area contributed by atoms with Crippen molar-refractivity contribution < 1.29 is 23.1 Å². The first kappa shape index (κ1) is 20.0. The molecule has 0 bridgehead atoms. The van der Waals surface area contributed by atoms with Crippen molar-refractivity contribution in [2.24, 2.45) is 4.99 Å². The van der Waals surface area contributed by atoms with Gasteiger partial charge in [-0.1, -0.05) is 0 Å². The van der Waals surface area contributed by atoms with E-state index in [0.29, 0.717) is 29.6 Å². The van der Waals surface area contributed by atoms with Gasteiger partial charge in [-0.15, -0.1) is 0 Å². The Balaban J connectivity index is 2.44. The minimum absolute atomic E-state index is 0.0168. The van der Waals surface area contributed by atoms with Crippen LogP contribution in [0.3, 0.4) is 0 Å². The largest absolute Gasteiger partial charge is 0.506 e. The molecule has 0 spiro atoms. The summed E-state index contributed by atoms with van der Waals surface area (Å²) in [5.41, 5.74) is 1.19. The van der Waals surface area contributed by atoms with Crippen molar-refractivity contribution in [2.45, 2.75) is 6.92 Å². The highest BCUT2D eigenvalue weighted by molar-refractivity contribution is 5.76. The number of anilines is 2. The van der Waals surface area contributed by atoms with Crippen LogP contribution in [0, 0.1) is 17.5 Å².